The van der Waals surface area contributed by atoms with E-state index in [1.165, 1.54) is 9.75 Å². The summed E-state index contributed by atoms with van der Waals surface area (Å²) < 4.78 is 21.4. The van der Waals surface area contributed by atoms with Gasteiger partial charge in [-0.15, -0.1) is 11.3 Å². The molecule has 0 bridgehead atoms. The molecule has 2 atom stereocenters. The zero-order chi connectivity index (χ0) is 22.1. The van der Waals surface area contributed by atoms with Crippen LogP contribution in [-0.2, 0) is 22.2 Å². The zero-order valence-electron chi connectivity index (χ0n) is 17.7. The van der Waals surface area contributed by atoms with Crippen molar-refractivity contribution in [2.24, 2.45) is 5.92 Å². The third-order valence-electron chi connectivity index (χ3n) is 5.27. The van der Waals surface area contributed by atoms with Crippen molar-refractivity contribution in [3.8, 4) is 10.4 Å². The highest BCUT2D eigenvalue weighted by molar-refractivity contribution is 7.83. The van der Waals surface area contributed by atoms with E-state index in [1.54, 1.807) is 26.0 Å². The highest BCUT2D eigenvalue weighted by atomic mass is 32.2. The van der Waals surface area contributed by atoms with E-state index in [1.807, 2.05) is 23.5 Å². The molecule has 2 unspecified atom stereocenters. The Morgan fingerprint density at radius 1 is 1.10 bits per heavy atom. The third-order valence-corrected chi connectivity index (χ3v) is 7.61. The van der Waals surface area contributed by atoms with Gasteiger partial charge in [-0.05, 0) is 66.4 Å². The molecule has 0 saturated carbocycles. The van der Waals surface area contributed by atoms with Gasteiger partial charge in [0.25, 0.3) is 0 Å². The monoisotopic (exact) mass is 455 g/mol. The van der Waals surface area contributed by atoms with E-state index in [-0.39, 0.29) is 5.92 Å². The summed E-state index contributed by atoms with van der Waals surface area (Å²) in [6.45, 7) is 5.74. The molecule has 0 aliphatic rings. The average Bonchev–Trinajstić information content (AvgIpc) is 3.35. The van der Waals surface area contributed by atoms with Crippen molar-refractivity contribution in [2.75, 3.05) is 0 Å². The van der Waals surface area contributed by atoms with Gasteiger partial charge in [-0.2, -0.15) is 0 Å². The molecular formula is C24H25NO4S2. The molecule has 2 N–H and O–H groups in total. The summed E-state index contributed by atoms with van der Waals surface area (Å²) in [5.74, 6) is -1.21. The molecule has 4 rings (SSSR count). The number of furan rings is 1. The van der Waals surface area contributed by atoms with Gasteiger partial charge >= 0.3 is 5.97 Å². The molecule has 2 aromatic carbocycles. The maximum Gasteiger partial charge on any atom is 0.321 e. The number of aliphatic carboxylic acids is 1. The van der Waals surface area contributed by atoms with E-state index in [2.05, 4.69) is 35.9 Å². The minimum Gasteiger partial charge on any atom is -0.480 e. The number of hydrogen-bond acceptors (Lipinski definition) is 4. The van der Waals surface area contributed by atoms with Crippen LogP contribution in [-0.4, -0.2) is 21.3 Å². The summed E-state index contributed by atoms with van der Waals surface area (Å²) in [6.07, 6.45) is 2.23. The van der Waals surface area contributed by atoms with Crippen molar-refractivity contribution >= 4 is 50.2 Å². The van der Waals surface area contributed by atoms with Crippen molar-refractivity contribution in [1.29, 1.82) is 0 Å². The van der Waals surface area contributed by atoms with E-state index in [0.29, 0.717) is 10.5 Å². The van der Waals surface area contributed by atoms with Gasteiger partial charge in [-0.1, -0.05) is 27.2 Å². The Morgan fingerprint density at radius 3 is 2.61 bits per heavy atom. The fourth-order valence-electron chi connectivity index (χ4n) is 3.59. The third kappa shape index (κ3) is 4.44. The number of rotatable bonds is 8. The number of fused-ring (bicyclic) bond motifs is 3. The van der Waals surface area contributed by atoms with Crippen LogP contribution in [0, 0.1) is 5.92 Å². The number of carbonyl (C=O) groups is 1. The summed E-state index contributed by atoms with van der Waals surface area (Å²) >= 11 is 1.82. The SMILES string of the molecule is CCCc1ccc(-c2ccc3oc4cc(S(=O)NC(C(=O)O)C(C)C)ccc4c3c2)s1. The molecule has 2 aromatic heterocycles. The minimum absolute atomic E-state index is 0.190. The van der Waals surface area contributed by atoms with Gasteiger partial charge in [0.2, 0.25) is 0 Å². The van der Waals surface area contributed by atoms with Gasteiger partial charge in [0, 0.05) is 20.5 Å². The smallest absolute Gasteiger partial charge is 0.321 e. The van der Waals surface area contributed by atoms with Crippen molar-refractivity contribution < 1.29 is 18.5 Å². The maximum absolute atomic E-state index is 12.7. The Labute approximate surface area is 187 Å². The van der Waals surface area contributed by atoms with Gasteiger partial charge < -0.3 is 9.52 Å². The van der Waals surface area contributed by atoms with Crippen molar-refractivity contribution in [3.63, 3.8) is 0 Å². The fraction of sp³-hybridized carbons (Fsp3) is 0.292. The number of aryl methyl sites for hydroxylation is 1. The lowest BCUT2D eigenvalue weighted by Gasteiger charge is -2.17. The van der Waals surface area contributed by atoms with Crippen LogP contribution in [0.2, 0.25) is 0 Å². The molecule has 5 nitrogen and oxygen atoms in total. The first kappa shape index (κ1) is 21.7. The number of carboxylic acid groups (broad SMARTS) is 1. The average molecular weight is 456 g/mol. The lowest BCUT2D eigenvalue weighted by Crippen LogP contribution is -2.41. The van der Waals surface area contributed by atoms with Crippen molar-refractivity contribution in [2.45, 2.75) is 44.6 Å². The molecule has 31 heavy (non-hydrogen) atoms. The van der Waals surface area contributed by atoms with Gasteiger partial charge in [0.15, 0.2) is 0 Å². The molecule has 7 heteroatoms. The van der Waals surface area contributed by atoms with E-state index in [0.717, 1.165) is 34.8 Å². The normalized spacial score (nSPS) is 13.8. The van der Waals surface area contributed by atoms with Gasteiger partial charge in [0.05, 0.1) is 4.90 Å². The van der Waals surface area contributed by atoms with Gasteiger partial charge in [-0.25, -0.2) is 8.93 Å². The summed E-state index contributed by atoms with van der Waals surface area (Å²) in [5.41, 5.74) is 2.55. The molecule has 0 spiro atoms. The molecule has 2 heterocycles. The van der Waals surface area contributed by atoms with Crippen molar-refractivity contribution in [3.05, 3.63) is 53.4 Å². The zero-order valence-corrected chi connectivity index (χ0v) is 19.3. The Hall–Kier alpha value is -2.48. The Bertz CT molecular complexity index is 1270. The summed E-state index contributed by atoms with van der Waals surface area (Å²) in [5, 5.41) is 11.3. The van der Waals surface area contributed by atoms with Crippen LogP contribution in [0.25, 0.3) is 32.4 Å². The number of hydrogen-bond donors (Lipinski definition) is 2. The summed E-state index contributed by atoms with van der Waals surface area (Å²) in [7, 11) is -1.65. The standard InChI is InChI=1S/C24H25NO4S2/c1-4-5-16-7-11-22(30-16)15-6-10-20-19(12-15)18-9-8-17(13-21(18)29-20)31(28)25-23(14(2)3)24(26)27/h6-14,23,25H,4-5H2,1-3H3,(H,26,27). The first-order valence-corrected chi connectivity index (χ1v) is 12.3. The number of carboxylic acids is 1. The highest BCUT2D eigenvalue weighted by Crippen LogP contribution is 2.35. The van der Waals surface area contributed by atoms with Crippen LogP contribution in [0.4, 0.5) is 0 Å². The first-order valence-electron chi connectivity index (χ1n) is 10.3. The Morgan fingerprint density at radius 2 is 1.90 bits per heavy atom. The van der Waals surface area contributed by atoms with Crippen molar-refractivity contribution in [1.82, 2.24) is 4.72 Å². The van der Waals surface area contributed by atoms with Crippen LogP contribution in [0.15, 0.2) is 57.8 Å². The number of nitrogens with one attached hydrogen (secondary N) is 1. The molecule has 0 radical (unpaired) electrons. The van der Waals surface area contributed by atoms with Crippen LogP contribution >= 0.6 is 11.3 Å². The lowest BCUT2D eigenvalue weighted by molar-refractivity contribution is -0.140. The predicted octanol–water partition coefficient (Wildman–Crippen LogP) is 5.99. The second kappa shape index (κ2) is 8.94. The van der Waals surface area contributed by atoms with Crippen LogP contribution in [0.3, 0.4) is 0 Å². The molecule has 0 saturated heterocycles. The molecule has 0 aliphatic heterocycles. The van der Waals surface area contributed by atoms with Crippen LogP contribution < -0.4 is 4.72 Å². The number of benzene rings is 2. The Balaban J connectivity index is 1.67. The van der Waals surface area contributed by atoms with Gasteiger partial charge in [-0.3, -0.25) is 4.79 Å². The lowest BCUT2D eigenvalue weighted by atomic mass is 10.1. The van der Waals surface area contributed by atoms with Crippen LogP contribution in [0.5, 0.6) is 0 Å². The number of thiophene rings is 1. The highest BCUT2D eigenvalue weighted by Gasteiger charge is 2.24. The second-order valence-corrected chi connectivity index (χ2v) is 10.3. The molecule has 4 aromatic rings. The largest absolute Gasteiger partial charge is 0.480 e. The second-order valence-electron chi connectivity index (χ2n) is 7.93. The summed E-state index contributed by atoms with van der Waals surface area (Å²) in [4.78, 5) is 14.5. The fourth-order valence-corrected chi connectivity index (χ4v) is 5.85. The minimum atomic E-state index is -1.65. The van der Waals surface area contributed by atoms with E-state index in [9.17, 15) is 14.1 Å². The van der Waals surface area contributed by atoms with E-state index < -0.39 is 23.0 Å². The predicted molar refractivity (Wildman–Crippen MR) is 127 cm³/mol. The molecule has 0 aliphatic carbocycles. The summed E-state index contributed by atoms with van der Waals surface area (Å²) in [6, 6.07) is 15.0. The first-order chi connectivity index (χ1) is 14.9. The molecule has 0 fully saturated rings. The topological polar surface area (TPSA) is 79.5 Å². The van der Waals surface area contributed by atoms with Gasteiger partial charge in [0.1, 0.15) is 28.2 Å². The molecule has 0 amide bonds. The van der Waals surface area contributed by atoms with E-state index in [4.69, 9.17) is 4.42 Å². The quantitative estimate of drug-likeness (QED) is 0.342. The Kier molecular flexibility index (Phi) is 6.27. The maximum atomic E-state index is 12.7. The van der Waals surface area contributed by atoms with Crippen LogP contribution in [0.1, 0.15) is 32.1 Å². The molecular weight excluding hydrogens is 430 g/mol. The molecule has 162 valence electrons. The van der Waals surface area contributed by atoms with E-state index >= 15 is 0 Å².